The van der Waals surface area contributed by atoms with Crippen LogP contribution in [0.5, 0.6) is 0 Å². The summed E-state index contributed by atoms with van der Waals surface area (Å²) in [6.45, 7) is 0. The van der Waals surface area contributed by atoms with Crippen LogP contribution in [0.15, 0.2) is 60.7 Å². The SMILES string of the molecule is N[SiH2]OC(Cc1ccccc1)c1ccccc1. The smallest absolute Gasteiger partial charge is 0.234 e. The summed E-state index contributed by atoms with van der Waals surface area (Å²) in [5.41, 5.74) is 2.48. The minimum atomic E-state index is -0.893. The Morgan fingerprint density at radius 3 is 2.12 bits per heavy atom. The fraction of sp³-hybridized carbons (Fsp3) is 0.143. The zero-order chi connectivity index (χ0) is 11.9. The molecular formula is C14H17NOSi. The first kappa shape index (κ1) is 12.0. The zero-order valence-corrected chi connectivity index (χ0v) is 11.2. The lowest BCUT2D eigenvalue weighted by Crippen LogP contribution is -2.16. The Morgan fingerprint density at radius 1 is 0.941 bits per heavy atom. The van der Waals surface area contributed by atoms with Crippen molar-refractivity contribution in [2.75, 3.05) is 0 Å². The maximum Gasteiger partial charge on any atom is 0.234 e. The van der Waals surface area contributed by atoms with Crippen molar-refractivity contribution in [3.05, 3.63) is 71.8 Å². The lowest BCUT2D eigenvalue weighted by Gasteiger charge is -2.17. The van der Waals surface area contributed by atoms with Crippen LogP contribution in [0.3, 0.4) is 0 Å². The molecule has 0 saturated carbocycles. The first-order chi connectivity index (χ1) is 8.40. The van der Waals surface area contributed by atoms with Gasteiger partial charge in [-0.25, -0.2) is 0 Å². The molecule has 0 bridgehead atoms. The van der Waals surface area contributed by atoms with E-state index in [2.05, 4.69) is 36.4 Å². The van der Waals surface area contributed by atoms with E-state index in [1.807, 2.05) is 24.3 Å². The molecule has 0 aliphatic rings. The molecule has 0 heterocycles. The summed E-state index contributed by atoms with van der Waals surface area (Å²) >= 11 is 0. The Kier molecular flexibility index (Phi) is 4.50. The van der Waals surface area contributed by atoms with E-state index in [9.17, 15) is 0 Å². The molecule has 0 amide bonds. The highest BCUT2D eigenvalue weighted by Crippen LogP contribution is 2.21. The highest BCUT2D eigenvalue weighted by Gasteiger charge is 2.11. The van der Waals surface area contributed by atoms with Gasteiger partial charge in [-0.15, -0.1) is 0 Å². The Bertz CT molecular complexity index is 432. The average molecular weight is 243 g/mol. The largest absolute Gasteiger partial charge is 0.402 e. The van der Waals surface area contributed by atoms with Gasteiger partial charge in [-0.2, -0.15) is 0 Å². The van der Waals surface area contributed by atoms with E-state index in [-0.39, 0.29) is 6.10 Å². The summed E-state index contributed by atoms with van der Waals surface area (Å²) in [7, 11) is -0.893. The standard InChI is InChI=1S/C14H17NOSi/c15-17-16-14(13-9-5-2-6-10-13)11-12-7-3-1-4-8-12/h1-10,14H,11,15,17H2. The topological polar surface area (TPSA) is 35.2 Å². The Morgan fingerprint density at radius 2 is 1.53 bits per heavy atom. The quantitative estimate of drug-likeness (QED) is 0.815. The predicted octanol–water partition coefficient (Wildman–Crippen LogP) is 1.94. The van der Waals surface area contributed by atoms with E-state index >= 15 is 0 Å². The van der Waals surface area contributed by atoms with Gasteiger partial charge >= 0.3 is 0 Å². The van der Waals surface area contributed by atoms with Crippen molar-refractivity contribution in [1.29, 1.82) is 0 Å². The molecule has 0 radical (unpaired) electrons. The van der Waals surface area contributed by atoms with Crippen molar-refractivity contribution < 1.29 is 4.43 Å². The summed E-state index contributed by atoms with van der Waals surface area (Å²) in [4.78, 5) is 0. The fourth-order valence-corrected chi connectivity index (χ4v) is 2.43. The summed E-state index contributed by atoms with van der Waals surface area (Å²) in [5.74, 6) is 0. The molecule has 2 rings (SSSR count). The van der Waals surface area contributed by atoms with Gasteiger partial charge < -0.3 is 9.83 Å². The van der Waals surface area contributed by atoms with Gasteiger partial charge in [0.1, 0.15) is 0 Å². The molecule has 2 nitrogen and oxygen atoms in total. The molecule has 1 unspecified atom stereocenters. The van der Waals surface area contributed by atoms with Crippen LogP contribution in [0.1, 0.15) is 17.2 Å². The molecule has 0 aliphatic carbocycles. The van der Waals surface area contributed by atoms with Crippen LogP contribution in [-0.4, -0.2) is 9.92 Å². The maximum absolute atomic E-state index is 5.75. The highest BCUT2D eigenvalue weighted by atomic mass is 28.2. The van der Waals surface area contributed by atoms with Crippen molar-refractivity contribution in [2.24, 2.45) is 5.40 Å². The number of hydrogen-bond donors (Lipinski definition) is 1. The van der Waals surface area contributed by atoms with Crippen molar-refractivity contribution in [2.45, 2.75) is 12.5 Å². The van der Waals surface area contributed by atoms with Crippen LogP contribution in [0.2, 0.25) is 0 Å². The molecule has 88 valence electrons. The van der Waals surface area contributed by atoms with Crippen LogP contribution >= 0.6 is 0 Å². The summed E-state index contributed by atoms with van der Waals surface area (Å²) < 4.78 is 5.75. The fourth-order valence-electron chi connectivity index (χ4n) is 1.89. The molecular weight excluding hydrogens is 226 g/mol. The van der Waals surface area contributed by atoms with Gasteiger partial charge in [-0.3, -0.25) is 0 Å². The second-order valence-electron chi connectivity index (χ2n) is 3.92. The third-order valence-corrected chi connectivity index (χ3v) is 3.33. The molecule has 17 heavy (non-hydrogen) atoms. The van der Waals surface area contributed by atoms with Crippen molar-refractivity contribution in [3.8, 4) is 0 Å². The van der Waals surface area contributed by atoms with Crippen molar-refractivity contribution in [1.82, 2.24) is 0 Å². The second kappa shape index (κ2) is 6.35. The lowest BCUT2D eigenvalue weighted by atomic mass is 10.0. The molecule has 0 aliphatic heterocycles. The third-order valence-electron chi connectivity index (χ3n) is 2.73. The summed E-state index contributed by atoms with van der Waals surface area (Å²) in [6, 6.07) is 20.7. The molecule has 3 heteroatoms. The van der Waals surface area contributed by atoms with E-state index in [0.717, 1.165) is 6.42 Å². The van der Waals surface area contributed by atoms with Gasteiger partial charge in [0.25, 0.3) is 0 Å². The van der Waals surface area contributed by atoms with Gasteiger partial charge in [-0.1, -0.05) is 60.7 Å². The number of benzene rings is 2. The van der Waals surface area contributed by atoms with Crippen LogP contribution < -0.4 is 5.40 Å². The van der Waals surface area contributed by atoms with Crippen LogP contribution in [0.4, 0.5) is 0 Å². The Hall–Kier alpha value is -1.42. The minimum Gasteiger partial charge on any atom is -0.402 e. The first-order valence-electron chi connectivity index (χ1n) is 5.80. The van der Waals surface area contributed by atoms with E-state index in [1.54, 1.807) is 0 Å². The summed E-state index contributed by atoms with van der Waals surface area (Å²) in [6.07, 6.45) is 0.977. The normalized spacial score (nSPS) is 13.0. The van der Waals surface area contributed by atoms with E-state index in [4.69, 9.17) is 9.83 Å². The lowest BCUT2D eigenvalue weighted by molar-refractivity contribution is 0.217. The number of nitrogens with two attached hydrogens (primary N) is 1. The van der Waals surface area contributed by atoms with Crippen LogP contribution in [-0.2, 0) is 10.8 Å². The van der Waals surface area contributed by atoms with E-state index in [0.29, 0.717) is 0 Å². The van der Waals surface area contributed by atoms with Crippen LogP contribution in [0, 0.1) is 0 Å². The van der Waals surface area contributed by atoms with E-state index in [1.165, 1.54) is 11.1 Å². The second-order valence-corrected chi connectivity index (χ2v) is 4.59. The molecule has 1 atom stereocenters. The molecule has 0 aromatic heterocycles. The Labute approximate surface area is 104 Å². The maximum atomic E-state index is 5.75. The van der Waals surface area contributed by atoms with Gasteiger partial charge in [0.2, 0.25) is 9.92 Å². The molecule has 0 spiro atoms. The van der Waals surface area contributed by atoms with Gasteiger partial charge in [-0.05, 0) is 11.1 Å². The number of hydrogen-bond acceptors (Lipinski definition) is 2. The molecule has 2 aromatic rings. The molecule has 0 saturated heterocycles. The van der Waals surface area contributed by atoms with Gasteiger partial charge in [0, 0.05) is 6.42 Å². The third kappa shape index (κ3) is 3.52. The zero-order valence-electron chi connectivity index (χ0n) is 9.75. The molecule has 2 aromatic carbocycles. The van der Waals surface area contributed by atoms with Crippen molar-refractivity contribution in [3.63, 3.8) is 0 Å². The monoisotopic (exact) mass is 243 g/mol. The Balaban J connectivity index is 2.13. The van der Waals surface area contributed by atoms with Gasteiger partial charge in [0.05, 0.1) is 6.10 Å². The average Bonchev–Trinajstić information content (AvgIpc) is 2.40. The molecule has 2 N–H and O–H groups in total. The number of rotatable bonds is 5. The minimum absolute atomic E-state index is 0.0928. The van der Waals surface area contributed by atoms with E-state index < -0.39 is 9.92 Å². The highest BCUT2D eigenvalue weighted by molar-refractivity contribution is 6.22. The van der Waals surface area contributed by atoms with Gasteiger partial charge in [0.15, 0.2) is 0 Å². The summed E-state index contributed by atoms with van der Waals surface area (Å²) in [5, 5.41) is 5.64. The first-order valence-corrected chi connectivity index (χ1v) is 7.20. The predicted molar refractivity (Wildman–Crippen MR) is 73.1 cm³/mol. The molecule has 0 fully saturated rings. The van der Waals surface area contributed by atoms with Crippen LogP contribution in [0.25, 0.3) is 0 Å². The van der Waals surface area contributed by atoms with Crippen molar-refractivity contribution >= 4 is 9.92 Å².